The van der Waals surface area contributed by atoms with Crippen LogP contribution in [0.5, 0.6) is 0 Å². The Kier molecular flexibility index (Phi) is 3.85. The first-order valence-corrected chi connectivity index (χ1v) is 5.77. The van der Waals surface area contributed by atoms with E-state index < -0.39 is 0 Å². The van der Waals surface area contributed by atoms with Gasteiger partial charge in [0, 0.05) is 10.7 Å². The summed E-state index contributed by atoms with van der Waals surface area (Å²) in [6.45, 7) is 0. The molecular weight excluding hydrogens is 278 g/mol. The molecular formula is C12H8ClN7. The van der Waals surface area contributed by atoms with Gasteiger partial charge in [-0.25, -0.2) is 0 Å². The van der Waals surface area contributed by atoms with Gasteiger partial charge in [-0.15, -0.1) is 0 Å². The van der Waals surface area contributed by atoms with E-state index in [9.17, 15) is 0 Å². The molecule has 1 aromatic carbocycles. The minimum Gasteiger partial charge on any atom is -0.382 e. The second-order valence-electron chi connectivity index (χ2n) is 3.64. The molecule has 0 radical (unpaired) electrons. The molecule has 2 aromatic rings. The number of nitrogen functional groups attached to an aromatic ring is 1. The van der Waals surface area contributed by atoms with E-state index in [1.54, 1.807) is 30.5 Å². The smallest absolute Gasteiger partial charge is 0.240 e. The lowest BCUT2D eigenvalue weighted by Crippen LogP contribution is -2.07. The van der Waals surface area contributed by atoms with Gasteiger partial charge in [-0.05, 0) is 24.3 Å². The van der Waals surface area contributed by atoms with E-state index in [-0.39, 0.29) is 23.1 Å². The molecule has 0 aliphatic carbocycles. The Morgan fingerprint density at radius 1 is 1.15 bits per heavy atom. The highest BCUT2D eigenvalue weighted by atomic mass is 35.5. The number of nitrogens with two attached hydrogens (primary N) is 1. The number of nitrogens with zero attached hydrogens (tertiary/aromatic N) is 4. The summed E-state index contributed by atoms with van der Waals surface area (Å²) >= 11 is 5.79. The zero-order valence-corrected chi connectivity index (χ0v) is 10.8. The van der Waals surface area contributed by atoms with Crippen LogP contribution in [0.3, 0.4) is 0 Å². The Balaban J connectivity index is 2.41. The van der Waals surface area contributed by atoms with Crippen molar-refractivity contribution in [2.75, 3.05) is 16.4 Å². The maximum absolute atomic E-state index is 9.09. The number of hydrogen-bond donors (Lipinski definition) is 3. The quantitative estimate of drug-likeness (QED) is 0.583. The Bertz CT molecular complexity index is 712. The van der Waals surface area contributed by atoms with Crippen LogP contribution in [-0.4, -0.2) is 9.97 Å². The van der Waals surface area contributed by atoms with Crippen LogP contribution < -0.4 is 16.4 Å². The summed E-state index contributed by atoms with van der Waals surface area (Å²) in [6, 6.07) is 8.74. The topological polar surface area (TPSA) is 123 Å². The second-order valence-corrected chi connectivity index (χ2v) is 4.07. The molecule has 0 aliphatic heterocycles. The lowest BCUT2D eigenvalue weighted by Gasteiger charge is -2.09. The van der Waals surface area contributed by atoms with Crippen molar-refractivity contribution in [3.05, 3.63) is 34.9 Å². The fourth-order valence-electron chi connectivity index (χ4n) is 1.45. The van der Waals surface area contributed by atoms with Gasteiger partial charge in [0.15, 0.2) is 12.0 Å². The molecule has 0 fully saturated rings. The average Bonchev–Trinajstić information content (AvgIpc) is 2.42. The summed E-state index contributed by atoms with van der Waals surface area (Å²) < 4.78 is 0. The number of aromatic nitrogens is 2. The van der Waals surface area contributed by atoms with E-state index in [0.717, 1.165) is 0 Å². The summed E-state index contributed by atoms with van der Waals surface area (Å²) in [6.07, 6.45) is 1.69. The maximum atomic E-state index is 9.09. The van der Waals surface area contributed by atoms with Crippen LogP contribution in [0.1, 0.15) is 5.56 Å². The molecule has 0 amide bonds. The van der Waals surface area contributed by atoms with Crippen molar-refractivity contribution in [1.82, 2.24) is 9.97 Å². The molecule has 0 atom stereocenters. The zero-order chi connectivity index (χ0) is 14.5. The number of rotatable bonds is 3. The molecule has 7 nitrogen and oxygen atoms in total. The zero-order valence-electron chi connectivity index (χ0n) is 10.1. The Labute approximate surface area is 119 Å². The van der Waals surface area contributed by atoms with Crippen molar-refractivity contribution in [2.24, 2.45) is 0 Å². The van der Waals surface area contributed by atoms with Crippen LogP contribution in [0.15, 0.2) is 24.3 Å². The first-order valence-electron chi connectivity index (χ1n) is 5.39. The van der Waals surface area contributed by atoms with Crippen LogP contribution in [0.2, 0.25) is 5.02 Å². The predicted octanol–water partition coefficient (Wildman–Crippen LogP) is 2.22. The van der Waals surface area contributed by atoms with E-state index in [1.165, 1.54) is 0 Å². The number of halogens is 1. The number of anilines is 4. The van der Waals surface area contributed by atoms with Crippen molar-refractivity contribution >= 4 is 34.9 Å². The summed E-state index contributed by atoms with van der Waals surface area (Å²) in [5, 5.41) is 23.4. The van der Waals surface area contributed by atoms with E-state index in [0.29, 0.717) is 10.7 Å². The molecule has 0 saturated carbocycles. The molecule has 20 heavy (non-hydrogen) atoms. The van der Waals surface area contributed by atoms with Crippen LogP contribution in [-0.2, 0) is 0 Å². The van der Waals surface area contributed by atoms with E-state index in [1.807, 2.05) is 6.07 Å². The van der Waals surface area contributed by atoms with Gasteiger partial charge in [-0.1, -0.05) is 11.6 Å². The van der Waals surface area contributed by atoms with Crippen molar-refractivity contribution < 1.29 is 0 Å². The van der Waals surface area contributed by atoms with Gasteiger partial charge in [-0.3, -0.25) is 5.32 Å². The maximum Gasteiger partial charge on any atom is 0.240 e. The Morgan fingerprint density at radius 3 is 2.45 bits per heavy atom. The number of nitriles is 2. The molecule has 0 bridgehead atoms. The third kappa shape index (κ3) is 2.86. The molecule has 0 saturated heterocycles. The van der Waals surface area contributed by atoms with Crippen LogP contribution in [0, 0.1) is 22.8 Å². The molecule has 2 rings (SSSR count). The third-order valence-corrected chi connectivity index (χ3v) is 2.58. The molecule has 0 aliphatic rings. The lowest BCUT2D eigenvalue weighted by molar-refractivity contribution is 1.16. The second kappa shape index (κ2) is 5.74. The molecule has 0 spiro atoms. The van der Waals surface area contributed by atoms with Gasteiger partial charge in [-0.2, -0.15) is 20.5 Å². The van der Waals surface area contributed by atoms with Crippen molar-refractivity contribution in [3.8, 4) is 12.3 Å². The van der Waals surface area contributed by atoms with Crippen molar-refractivity contribution in [2.45, 2.75) is 0 Å². The van der Waals surface area contributed by atoms with Gasteiger partial charge in [0.25, 0.3) is 0 Å². The molecule has 8 heteroatoms. The van der Waals surface area contributed by atoms with Gasteiger partial charge in [0.2, 0.25) is 5.95 Å². The standard InChI is InChI=1S/C12H8ClN7/c13-7-1-3-8(4-2-7)18-11-9(5-14)10(16)19-12(20-11)17-6-15/h1-4H,(H4,16,17,18,19,20). The molecule has 1 aromatic heterocycles. The SMILES string of the molecule is N#CNc1nc(N)c(C#N)c(Nc2ccc(Cl)cc2)n1. The number of hydrogen-bond acceptors (Lipinski definition) is 7. The largest absolute Gasteiger partial charge is 0.382 e. The fourth-order valence-corrected chi connectivity index (χ4v) is 1.58. The number of benzene rings is 1. The van der Waals surface area contributed by atoms with Crippen molar-refractivity contribution in [3.63, 3.8) is 0 Å². The normalized spacial score (nSPS) is 9.35. The van der Waals surface area contributed by atoms with Crippen LogP contribution in [0.4, 0.5) is 23.3 Å². The van der Waals surface area contributed by atoms with Crippen LogP contribution in [0.25, 0.3) is 0 Å². The average molecular weight is 286 g/mol. The summed E-state index contributed by atoms with van der Waals surface area (Å²) in [7, 11) is 0. The first-order chi connectivity index (χ1) is 9.63. The Morgan fingerprint density at radius 2 is 1.85 bits per heavy atom. The number of nitrogens with one attached hydrogen (secondary N) is 2. The highest BCUT2D eigenvalue weighted by Crippen LogP contribution is 2.24. The molecule has 4 N–H and O–H groups in total. The van der Waals surface area contributed by atoms with Crippen LogP contribution >= 0.6 is 11.6 Å². The monoisotopic (exact) mass is 285 g/mol. The summed E-state index contributed by atoms with van der Waals surface area (Å²) in [4.78, 5) is 7.82. The molecule has 98 valence electrons. The molecule has 0 unspecified atom stereocenters. The lowest BCUT2D eigenvalue weighted by atomic mass is 10.2. The fraction of sp³-hybridized carbons (Fsp3) is 0. The predicted molar refractivity (Wildman–Crippen MR) is 75.1 cm³/mol. The Hall–Kier alpha value is -3.03. The first kappa shape index (κ1) is 13.4. The van der Waals surface area contributed by atoms with Crippen molar-refractivity contribution in [1.29, 1.82) is 10.5 Å². The van der Waals surface area contributed by atoms with E-state index in [2.05, 4.69) is 20.6 Å². The minimum absolute atomic E-state index is 0.0143. The summed E-state index contributed by atoms with van der Waals surface area (Å²) in [5.41, 5.74) is 6.43. The van der Waals surface area contributed by atoms with Gasteiger partial charge >= 0.3 is 0 Å². The summed E-state index contributed by atoms with van der Waals surface area (Å²) in [5.74, 6) is 0.206. The van der Waals surface area contributed by atoms with Gasteiger partial charge in [0.1, 0.15) is 17.5 Å². The van der Waals surface area contributed by atoms with Gasteiger partial charge < -0.3 is 11.1 Å². The van der Waals surface area contributed by atoms with E-state index >= 15 is 0 Å². The highest BCUT2D eigenvalue weighted by molar-refractivity contribution is 6.30. The molecule has 1 heterocycles. The third-order valence-electron chi connectivity index (χ3n) is 2.32. The minimum atomic E-state index is -0.0169. The van der Waals surface area contributed by atoms with Gasteiger partial charge in [0.05, 0.1) is 0 Å². The van der Waals surface area contributed by atoms with E-state index in [4.69, 9.17) is 27.9 Å². The highest BCUT2D eigenvalue weighted by Gasteiger charge is 2.12.